The van der Waals surface area contributed by atoms with Crippen molar-refractivity contribution in [2.24, 2.45) is 0 Å². The van der Waals surface area contributed by atoms with Gasteiger partial charge in [0.25, 0.3) is 5.91 Å². The summed E-state index contributed by atoms with van der Waals surface area (Å²) in [7, 11) is -1.17. The minimum absolute atomic E-state index is 0.0307. The number of sulfone groups is 1. The fourth-order valence-corrected chi connectivity index (χ4v) is 5.09. The molecule has 0 saturated carbocycles. The van der Waals surface area contributed by atoms with Gasteiger partial charge in [0.15, 0.2) is 15.6 Å². The van der Waals surface area contributed by atoms with Gasteiger partial charge in [-0.25, -0.2) is 8.42 Å². The van der Waals surface area contributed by atoms with Gasteiger partial charge in [-0.05, 0) is 25.6 Å². The van der Waals surface area contributed by atoms with E-state index in [1.165, 1.54) is 6.26 Å². The largest absolute Gasteiger partial charge is 0.459 e. The smallest absolute Gasteiger partial charge is 0.289 e. The molecule has 2 fully saturated rings. The number of hydrogen-bond acceptors (Lipinski definition) is 6. The third-order valence-electron chi connectivity index (χ3n) is 4.87. The normalized spacial score (nSPS) is 23.2. The Balaban J connectivity index is 1.48. The number of furan rings is 1. The minimum atomic E-state index is -2.96. The van der Waals surface area contributed by atoms with Crippen LogP contribution >= 0.6 is 0 Å². The van der Waals surface area contributed by atoms with Gasteiger partial charge in [0, 0.05) is 32.2 Å². The molecule has 2 saturated heterocycles. The average molecular weight is 369 g/mol. The van der Waals surface area contributed by atoms with Crippen LogP contribution in [-0.2, 0) is 14.6 Å². The lowest BCUT2D eigenvalue weighted by Crippen LogP contribution is -2.53. The minimum Gasteiger partial charge on any atom is -0.459 e. The molecular weight excluding hydrogens is 346 g/mol. The van der Waals surface area contributed by atoms with E-state index in [9.17, 15) is 18.0 Å². The molecule has 0 bridgehead atoms. The lowest BCUT2D eigenvalue weighted by molar-refractivity contribution is -0.134. The van der Waals surface area contributed by atoms with E-state index in [-0.39, 0.29) is 35.9 Å². The maximum atomic E-state index is 12.4. The van der Waals surface area contributed by atoms with Gasteiger partial charge < -0.3 is 14.2 Å². The Hall–Kier alpha value is -1.87. The van der Waals surface area contributed by atoms with Crippen molar-refractivity contribution in [3.63, 3.8) is 0 Å². The molecule has 0 aromatic carbocycles. The standard InChI is InChI=1S/C16H23N3O5S/c1-17(13-4-10-25(22,23)12-13)11-15(20)18-5-7-19(8-6-18)16(21)14-3-2-9-24-14/h2-3,9,13H,4-8,10-12H2,1H3. The fraction of sp³-hybridized carbons (Fsp3) is 0.625. The van der Waals surface area contributed by atoms with Crippen molar-refractivity contribution in [1.29, 1.82) is 0 Å². The van der Waals surface area contributed by atoms with Crippen LogP contribution in [0.4, 0.5) is 0 Å². The highest BCUT2D eigenvalue weighted by Gasteiger charge is 2.32. The highest BCUT2D eigenvalue weighted by molar-refractivity contribution is 7.91. The van der Waals surface area contributed by atoms with Crippen molar-refractivity contribution in [1.82, 2.24) is 14.7 Å². The molecule has 2 amide bonds. The molecule has 1 unspecified atom stereocenters. The van der Waals surface area contributed by atoms with E-state index in [0.717, 1.165) is 0 Å². The molecule has 1 aromatic rings. The summed E-state index contributed by atoms with van der Waals surface area (Å²) in [5.41, 5.74) is 0. The van der Waals surface area contributed by atoms with Gasteiger partial charge in [0.05, 0.1) is 24.3 Å². The van der Waals surface area contributed by atoms with Crippen molar-refractivity contribution in [3.8, 4) is 0 Å². The van der Waals surface area contributed by atoms with Crippen LogP contribution in [0.5, 0.6) is 0 Å². The zero-order chi connectivity index (χ0) is 18.0. The number of hydrogen-bond donors (Lipinski definition) is 0. The molecule has 0 N–H and O–H groups in total. The van der Waals surface area contributed by atoms with Crippen molar-refractivity contribution in [2.75, 3.05) is 51.3 Å². The Bertz CT molecular complexity index is 723. The van der Waals surface area contributed by atoms with Crippen LogP contribution in [0.25, 0.3) is 0 Å². The zero-order valence-electron chi connectivity index (χ0n) is 14.3. The molecule has 1 atom stereocenters. The summed E-state index contributed by atoms with van der Waals surface area (Å²) in [6, 6.07) is 3.21. The zero-order valence-corrected chi connectivity index (χ0v) is 15.1. The van der Waals surface area contributed by atoms with E-state index < -0.39 is 9.84 Å². The maximum absolute atomic E-state index is 12.4. The first-order valence-corrected chi connectivity index (χ1v) is 10.2. The Labute approximate surface area is 147 Å². The molecule has 3 heterocycles. The Morgan fingerprint density at radius 3 is 2.48 bits per heavy atom. The van der Waals surface area contributed by atoms with Gasteiger partial charge in [0.1, 0.15) is 0 Å². The molecular formula is C16H23N3O5S. The number of nitrogens with zero attached hydrogens (tertiary/aromatic N) is 3. The van der Waals surface area contributed by atoms with Crippen LogP contribution in [0.3, 0.4) is 0 Å². The summed E-state index contributed by atoms with van der Waals surface area (Å²) < 4.78 is 28.2. The highest BCUT2D eigenvalue weighted by atomic mass is 32.2. The molecule has 0 spiro atoms. The van der Waals surface area contributed by atoms with Gasteiger partial charge in [0.2, 0.25) is 5.91 Å². The van der Waals surface area contributed by atoms with Crippen molar-refractivity contribution >= 4 is 21.7 Å². The van der Waals surface area contributed by atoms with Gasteiger partial charge in [-0.15, -0.1) is 0 Å². The summed E-state index contributed by atoms with van der Waals surface area (Å²) in [4.78, 5) is 29.9. The average Bonchev–Trinajstić information content (AvgIpc) is 3.23. The molecule has 9 heteroatoms. The quantitative estimate of drug-likeness (QED) is 0.723. The summed E-state index contributed by atoms with van der Waals surface area (Å²) in [5, 5.41) is 0. The summed E-state index contributed by atoms with van der Waals surface area (Å²) in [6.45, 7) is 2.08. The van der Waals surface area contributed by atoms with Crippen LogP contribution < -0.4 is 0 Å². The Morgan fingerprint density at radius 1 is 1.24 bits per heavy atom. The van der Waals surface area contributed by atoms with Crippen LogP contribution in [0.15, 0.2) is 22.8 Å². The first-order valence-electron chi connectivity index (χ1n) is 8.37. The van der Waals surface area contributed by atoms with Gasteiger partial charge >= 0.3 is 0 Å². The SMILES string of the molecule is CN(CC(=O)N1CCN(C(=O)c2ccco2)CC1)C1CCS(=O)(=O)C1. The number of rotatable bonds is 4. The maximum Gasteiger partial charge on any atom is 0.289 e. The molecule has 138 valence electrons. The lowest BCUT2D eigenvalue weighted by atomic mass is 10.2. The topological polar surface area (TPSA) is 91.1 Å². The number of piperazine rings is 1. The number of carbonyl (C=O) groups excluding carboxylic acids is 2. The van der Waals surface area contributed by atoms with Crippen LogP contribution in [0.2, 0.25) is 0 Å². The van der Waals surface area contributed by atoms with E-state index in [1.807, 2.05) is 4.90 Å². The van der Waals surface area contributed by atoms with Gasteiger partial charge in [-0.2, -0.15) is 0 Å². The molecule has 2 aliphatic rings. The van der Waals surface area contributed by atoms with E-state index in [4.69, 9.17) is 4.42 Å². The number of amides is 2. The van der Waals surface area contributed by atoms with Crippen molar-refractivity contribution in [2.45, 2.75) is 12.5 Å². The van der Waals surface area contributed by atoms with Crippen LogP contribution in [-0.4, -0.2) is 92.3 Å². The van der Waals surface area contributed by atoms with Crippen molar-refractivity contribution in [3.05, 3.63) is 24.2 Å². The third kappa shape index (κ3) is 4.21. The monoisotopic (exact) mass is 369 g/mol. The summed E-state index contributed by atoms with van der Waals surface area (Å²) in [6.07, 6.45) is 2.05. The fourth-order valence-electron chi connectivity index (χ4n) is 3.28. The van der Waals surface area contributed by atoms with E-state index in [2.05, 4.69) is 0 Å². The van der Waals surface area contributed by atoms with E-state index in [1.54, 1.807) is 29.0 Å². The number of carbonyl (C=O) groups is 2. The van der Waals surface area contributed by atoms with Gasteiger partial charge in [-0.3, -0.25) is 14.5 Å². The first kappa shape index (κ1) is 17.9. The first-order chi connectivity index (χ1) is 11.9. The van der Waals surface area contributed by atoms with Crippen molar-refractivity contribution < 1.29 is 22.4 Å². The molecule has 0 radical (unpaired) electrons. The molecule has 1 aromatic heterocycles. The Morgan fingerprint density at radius 2 is 1.92 bits per heavy atom. The summed E-state index contributed by atoms with van der Waals surface area (Å²) >= 11 is 0. The summed E-state index contributed by atoms with van der Waals surface area (Å²) in [5.74, 6) is 0.440. The number of likely N-dealkylation sites (N-methyl/N-ethyl adjacent to an activating group) is 1. The predicted molar refractivity (Wildman–Crippen MR) is 90.9 cm³/mol. The predicted octanol–water partition coefficient (Wildman–Crippen LogP) is -0.317. The van der Waals surface area contributed by atoms with E-state index in [0.29, 0.717) is 38.4 Å². The Kier molecular flexibility index (Phi) is 5.14. The highest BCUT2D eigenvalue weighted by Crippen LogP contribution is 2.17. The lowest BCUT2D eigenvalue weighted by Gasteiger charge is -2.35. The van der Waals surface area contributed by atoms with Crippen LogP contribution in [0.1, 0.15) is 17.0 Å². The molecule has 0 aliphatic carbocycles. The second kappa shape index (κ2) is 7.17. The molecule has 8 nitrogen and oxygen atoms in total. The molecule has 25 heavy (non-hydrogen) atoms. The third-order valence-corrected chi connectivity index (χ3v) is 6.62. The van der Waals surface area contributed by atoms with Crippen LogP contribution in [0, 0.1) is 0 Å². The second-order valence-corrected chi connectivity index (χ2v) is 8.85. The molecule has 2 aliphatic heterocycles. The second-order valence-electron chi connectivity index (χ2n) is 6.62. The van der Waals surface area contributed by atoms with Gasteiger partial charge in [-0.1, -0.05) is 0 Å². The van der Waals surface area contributed by atoms with E-state index >= 15 is 0 Å². The molecule has 3 rings (SSSR count).